The van der Waals surface area contributed by atoms with Crippen LogP contribution >= 0.6 is 24.0 Å². The van der Waals surface area contributed by atoms with E-state index >= 15 is 0 Å². The number of hydrogen-bond acceptors (Lipinski definition) is 3. The number of nitrogens with zero attached hydrogens (tertiary/aromatic N) is 4. The van der Waals surface area contributed by atoms with Crippen molar-refractivity contribution in [3.05, 3.63) is 66.0 Å². The molecule has 6 nitrogen and oxygen atoms in total. The van der Waals surface area contributed by atoms with Crippen LogP contribution < -0.4 is 5.32 Å². The molecule has 1 aromatic heterocycles. The number of aromatic nitrogens is 2. The van der Waals surface area contributed by atoms with E-state index in [0.717, 1.165) is 50.2 Å². The Morgan fingerprint density at radius 3 is 2.61 bits per heavy atom. The zero-order valence-electron chi connectivity index (χ0n) is 19.7. The number of fused-ring (bicyclic) bond motifs is 1. The fraction of sp³-hybridized carbons (Fsp3) is 0.462. The molecule has 4 rings (SSSR count). The molecule has 7 heteroatoms. The van der Waals surface area contributed by atoms with Crippen LogP contribution in [0.4, 0.5) is 0 Å². The molecule has 3 aromatic rings. The number of ether oxygens (including phenoxy) is 1. The van der Waals surface area contributed by atoms with Gasteiger partial charge in [-0.25, -0.2) is 9.98 Å². The molecule has 1 saturated heterocycles. The van der Waals surface area contributed by atoms with Gasteiger partial charge in [-0.05, 0) is 55.4 Å². The lowest BCUT2D eigenvalue weighted by molar-refractivity contribution is 0.0625. The van der Waals surface area contributed by atoms with Gasteiger partial charge in [0.2, 0.25) is 0 Å². The van der Waals surface area contributed by atoms with Crippen molar-refractivity contribution in [1.82, 2.24) is 19.8 Å². The first kappa shape index (κ1) is 25.5. The zero-order chi connectivity index (χ0) is 22.2. The standard InChI is InChI=1S/C26H35N5O.HI/c1-3-27-26(30(2)15-12-21-13-16-32-17-14-21)28-18-22-8-10-23(11-9-22)19-31-20-29-24-6-4-5-7-25(24)31;/h4-11,20-21H,3,12-19H2,1-2H3,(H,27,28);1H. The summed E-state index contributed by atoms with van der Waals surface area (Å²) < 4.78 is 7.68. The molecule has 1 N–H and O–H groups in total. The van der Waals surface area contributed by atoms with Gasteiger partial charge in [-0.1, -0.05) is 36.4 Å². The third-order valence-electron chi connectivity index (χ3n) is 6.22. The first-order valence-electron chi connectivity index (χ1n) is 11.8. The molecule has 1 fully saturated rings. The van der Waals surface area contributed by atoms with Crippen LogP contribution in [0.5, 0.6) is 0 Å². The summed E-state index contributed by atoms with van der Waals surface area (Å²) in [6, 6.07) is 17.0. The Hall–Kier alpha value is -2.13. The molecule has 1 aliphatic rings. The molecule has 1 aliphatic heterocycles. The summed E-state index contributed by atoms with van der Waals surface area (Å²) in [6.45, 7) is 7.34. The van der Waals surface area contributed by atoms with Crippen LogP contribution in [0.3, 0.4) is 0 Å². The molecule has 33 heavy (non-hydrogen) atoms. The molecule has 0 aliphatic carbocycles. The monoisotopic (exact) mass is 561 g/mol. The van der Waals surface area contributed by atoms with E-state index in [4.69, 9.17) is 9.73 Å². The van der Waals surface area contributed by atoms with Crippen LogP contribution in [0.1, 0.15) is 37.3 Å². The molecular formula is C26H36IN5O. The molecule has 0 radical (unpaired) electrons. The van der Waals surface area contributed by atoms with Crippen molar-refractivity contribution >= 4 is 41.0 Å². The quantitative estimate of drug-likeness (QED) is 0.241. The van der Waals surface area contributed by atoms with Gasteiger partial charge in [-0.3, -0.25) is 0 Å². The first-order valence-corrected chi connectivity index (χ1v) is 11.8. The van der Waals surface area contributed by atoms with Gasteiger partial charge in [0.05, 0.1) is 23.9 Å². The Bertz CT molecular complexity index is 1010. The van der Waals surface area contributed by atoms with Crippen LogP contribution in [0.2, 0.25) is 0 Å². The molecule has 0 spiro atoms. The minimum atomic E-state index is 0. The van der Waals surface area contributed by atoms with E-state index in [0.29, 0.717) is 6.54 Å². The van der Waals surface area contributed by atoms with Crippen LogP contribution in [0.25, 0.3) is 11.0 Å². The van der Waals surface area contributed by atoms with Gasteiger partial charge < -0.3 is 19.5 Å². The van der Waals surface area contributed by atoms with Crippen molar-refractivity contribution in [2.75, 3.05) is 33.4 Å². The summed E-state index contributed by atoms with van der Waals surface area (Å²) in [5.74, 6) is 1.75. The number of benzene rings is 2. The maximum atomic E-state index is 5.48. The Morgan fingerprint density at radius 2 is 1.85 bits per heavy atom. The van der Waals surface area contributed by atoms with Crippen molar-refractivity contribution in [1.29, 1.82) is 0 Å². The van der Waals surface area contributed by atoms with E-state index in [1.807, 2.05) is 12.4 Å². The zero-order valence-corrected chi connectivity index (χ0v) is 22.1. The lowest BCUT2D eigenvalue weighted by atomic mass is 9.96. The van der Waals surface area contributed by atoms with Gasteiger partial charge >= 0.3 is 0 Å². The fourth-order valence-electron chi connectivity index (χ4n) is 4.24. The Labute approximate surface area is 214 Å². The number of rotatable bonds is 8. The average molecular weight is 562 g/mol. The molecule has 2 aromatic carbocycles. The number of para-hydroxylation sites is 2. The lowest BCUT2D eigenvalue weighted by Crippen LogP contribution is -2.40. The number of imidazole rings is 1. The summed E-state index contributed by atoms with van der Waals surface area (Å²) >= 11 is 0. The van der Waals surface area contributed by atoms with Crippen LogP contribution in [0.15, 0.2) is 59.9 Å². The number of hydrogen-bond donors (Lipinski definition) is 1. The van der Waals surface area contributed by atoms with Crippen molar-refractivity contribution in [3.63, 3.8) is 0 Å². The molecule has 2 heterocycles. The van der Waals surface area contributed by atoms with Gasteiger partial charge in [0, 0.05) is 39.9 Å². The molecule has 0 amide bonds. The predicted octanol–water partition coefficient (Wildman–Crippen LogP) is 4.92. The summed E-state index contributed by atoms with van der Waals surface area (Å²) in [4.78, 5) is 11.6. The Morgan fingerprint density at radius 1 is 1.12 bits per heavy atom. The highest BCUT2D eigenvalue weighted by molar-refractivity contribution is 14.0. The smallest absolute Gasteiger partial charge is 0.193 e. The van der Waals surface area contributed by atoms with Crippen molar-refractivity contribution in [3.8, 4) is 0 Å². The number of nitrogens with one attached hydrogen (secondary N) is 1. The van der Waals surface area contributed by atoms with Gasteiger partial charge in [0.15, 0.2) is 5.96 Å². The molecule has 0 unspecified atom stereocenters. The average Bonchev–Trinajstić information content (AvgIpc) is 3.24. The second-order valence-corrected chi connectivity index (χ2v) is 8.61. The van der Waals surface area contributed by atoms with Crippen LogP contribution in [-0.4, -0.2) is 53.8 Å². The SMILES string of the molecule is CCNC(=NCc1ccc(Cn2cnc3ccccc32)cc1)N(C)CCC1CCOCC1.I. The van der Waals surface area contributed by atoms with E-state index in [1.54, 1.807) is 0 Å². The topological polar surface area (TPSA) is 54.7 Å². The Kier molecular flexibility index (Phi) is 9.99. The summed E-state index contributed by atoms with van der Waals surface area (Å²) in [5, 5.41) is 3.44. The highest BCUT2D eigenvalue weighted by Crippen LogP contribution is 2.19. The van der Waals surface area contributed by atoms with Crippen molar-refractivity contribution in [2.45, 2.75) is 39.3 Å². The van der Waals surface area contributed by atoms with E-state index in [1.165, 1.54) is 35.9 Å². The minimum Gasteiger partial charge on any atom is -0.381 e. The first-order chi connectivity index (χ1) is 15.7. The summed E-state index contributed by atoms with van der Waals surface area (Å²) in [7, 11) is 2.14. The van der Waals surface area contributed by atoms with Gasteiger partial charge in [0.1, 0.15) is 0 Å². The normalized spacial score (nSPS) is 14.8. The summed E-state index contributed by atoms with van der Waals surface area (Å²) in [6.07, 6.45) is 5.48. The third-order valence-corrected chi connectivity index (χ3v) is 6.22. The van der Waals surface area contributed by atoms with Crippen molar-refractivity contribution < 1.29 is 4.74 Å². The largest absolute Gasteiger partial charge is 0.381 e. The van der Waals surface area contributed by atoms with Gasteiger partial charge in [-0.2, -0.15) is 0 Å². The highest BCUT2D eigenvalue weighted by Gasteiger charge is 2.15. The van der Waals surface area contributed by atoms with E-state index in [2.05, 4.69) is 76.2 Å². The second-order valence-electron chi connectivity index (χ2n) is 8.61. The van der Waals surface area contributed by atoms with E-state index < -0.39 is 0 Å². The molecule has 0 saturated carbocycles. The third kappa shape index (κ3) is 7.17. The van der Waals surface area contributed by atoms with Crippen LogP contribution in [0, 0.1) is 5.92 Å². The number of halogens is 1. The summed E-state index contributed by atoms with van der Waals surface area (Å²) in [5.41, 5.74) is 4.69. The molecule has 178 valence electrons. The van der Waals surface area contributed by atoms with Gasteiger partial charge in [0.25, 0.3) is 0 Å². The number of aliphatic imine (C=N–C) groups is 1. The lowest BCUT2D eigenvalue weighted by Gasteiger charge is -2.26. The van der Waals surface area contributed by atoms with Crippen LogP contribution in [-0.2, 0) is 17.8 Å². The van der Waals surface area contributed by atoms with Gasteiger partial charge in [-0.15, -0.1) is 24.0 Å². The Balaban J connectivity index is 0.00000306. The van der Waals surface area contributed by atoms with E-state index in [9.17, 15) is 0 Å². The predicted molar refractivity (Wildman–Crippen MR) is 146 cm³/mol. The molecule has 0 bridgehead atoms. The molecule has 0 atom stereocenters. The highest BCUT2D eigenvalue weighted by atomic mass is 127. The molecular weight excluding hydrogens is 525 g/mol. The van der Waals surface area contributed by atoms with E-state index in [-0.39, 0.29) is 24.0 Å². The maximum Gasteiger partial charge on any atom is 0.193 e. The second kappa shape index (κ2) is 12.9. The van der Waals surface area contributed by atoms with Crippen molar-refractivity contribution in [2.24, 2.45) is 10.9 Å². The maximum absolute atomic E-state index is 5.48. The fourth-order valence-corrected chi connectivity index (χ4v) is 4.24. The minimum absolute atomic E-state index is 0. The number of guanidine groups is 1.